The molecule has 4 nitrogen and oxygen atoms in total. The van der Waals surface area contributed by atoms with Crippen LogP contribution >= 0.6 is 11.8 Å². The van der Waals surface area contributed by atoms with E-state index in [0.29, 0.717) is 6.61 Å². The Balaban J connectivity index is 2.09. The summed E-state index contributed by atoms with van der Waals surface area (Å²) in [6.45, 7) is 4.46. The van der Waals surface area contributed by atoms with E-state index in [1.54, 1.807) is 11.8 Å². The average molecular weight is 269 g/mol. The van der Waals surface area contributed by atoms with Crippen molar-refractivity contribution in [2.75, 3.05) is 13.2 Å². The zero-order chi connectivity index (χ0) is 13.0. The number of thioether (sulfide) groups is 1. The van der Waals surface area contributed by atoms with Gasteiger partial charge in [0.25, 0.3) is 0 Å². The fourth-order valence-corrected chi connectivity index (χ4v) is 3.32. The first kappa shape index (κ1) is 13.6. The molecule has 0 spiro atoms. The molecule has 0 aliphatic carbocycles. The molecule has 0 aromatic rings. The van der Waals surface area contributed by atoms with E-state index >= 15 is 0 Å². The molecule has 0 saturated carbocycles. The molecule has 5 heteroatoms. The van der Waals surface area contributed by atoms with Gasteiger partial charge >= 0.3 is 5.97 Å². The van der Waals surface area contributed by atoms with Crippen molar-refractivity contribution in [3.8, 4) is 0 Å². The third-order valence-corrected chi connectivity index (χ3v) is 4.31. The van der Waals surface area contributed by atoms with Gasteiger partial charge in [-0.25, -0.2) is 0 Å². The largest absolute Gasteiger partial charge is 0.463 e. The van der Waals surface area contributed by atoms with E-state index in [-0.39, 0.29) is 18.0 Å². The number of rotatable bonds is 5. The van der Waals surface area contributed by atoms with Gasteiger partial charge in [0.1, 0.15) is 17.6 Å². The number of esters is 1. The Morgan fingerprint density at radius 3 is 3.28 bits per heavy atom. The molecule has 0 bridgehead atoms. The lowest BCUT2D eigenvalue weighted by Gasteiger charge is -2.31. The van der Waals surface area contributed by atoms with Crippen LogP contribution in [0.1, 0.15) is 33.1 Å². The minimum Gasteiger partial charge on any atom is -0.463 e. The van der Waals surface area contributed by atoms with Gasteiger partial charge in [-0.15, -0.1) is 0 Å². The first-order valence-electron chi connectivity index (χ1n) is 6.34. The monoisotopic (exact) mass is 269 g/mol. The van der Waals surface area contributed by atoms with Crippen molar-refractivity contribution in [3.63, 3.8) is 0 Å². The minimum atomic E-state index is -0.502. The van der Waals surface area contributed by atoms with Gasteiger partial charge in [-0.05, 0) is 12.8 Å². The number of aliphatic imine (C=N–C) groups is 1. The summed E-state index contributed by atoms with van der Waals surface area (Å²) in [6, 6.07) is 0. The summed E-state index contributed by atoms with van der Waals surface area (Å²) in [7, 11) is 0. The number of fused-ring (bicyclic) bond motifs is 1. The molecule has 2 aliphatic heterocycles. The normalized spacial score (nSPS) is 29.9. The van der Waals surface area contributed by atoms with E-state index in [1.165, 1.54) is 6.92 Å². The summed E-state index contributed by atoms with van der Waals surface area (Å²) < 4.78 is 10.9. The zero-order valence-corrected chi connectivity index (χ0v) is 11.7. The van der Waals surface area contributed by atoms with Crippen LogP contribution in [0.15, 0.2) is 17.1 Å². The summed E-state index contributed by atoms with van der Waals surface area (Å²) in [5.74, 6) is -0.274. The van der Waals surface area contributed by atoms with E-state index in [2.05, 4.69) is 6.92 Å². The molecule has 0 saturated heterocycles. The second-order valence-electron chi connectivity index (χ2n) is 4.57. The van der Waals surface area contributed by atoms with Gasteiger partial charge in [-0.3, -0.25) is 9.79 Å². The van der Waals surface area contributed by atoms with Crippen LogP contribution in [0.25, 0.3) is 0 Å². The standard InChI is InChI=1S/C13H19NO3S/c1-3-4-6-11-14-13(9-17-10(2)15)7-5-8-16-12(13)18-11/h5,7,12H,3-4,6,8-9H2,1-2H3. The highest BCUT2D eigenvalue weighted by Crippen LogP contribution is 2.41. The molecule has 18 heavy (non-hydrogen) atoms. The molecule has 0 amide bonds. The van der Waals surface area contributed by atoms with Crippen LogP contribution in [0.3, 0.4) is 0 Å². The minimum absolute atomic E-state index is 0.0475. The van der Waals surface area contributed by atoms with Gasteiger partial charge in [-0.2, -0.15) is 0 Å². The summed E-state index contributed by atoms with van der Waals surface area (Å²) in [5.41, 5.74) is -0.550. The summed E-state index contributed by atoms with van der Waals surface area (Å²) >= 11 is 1.67. The maximum atomic E-state index is 11.0. The lowest BCUT2D eigenvalue weighted by molar-refractivity contribution is -0.143. The Morgan fingerprint density at radius 2 is 2.56 bits per heavy atom. The second-order valence-corrected chi connectivity index (χ2v) is 5.70. The molecule has 2 rings (SSSR count). The molecule has 2 unspecified atom stereocenters. The smallest absolute Gasteiger partial charge is 0.302 e. The van der Waals surface area contributed by atoms with Gasteiger partial charge in [0, 0.05) is 6.92 Å². The Bertz CT molecular complexity index is 380. The fourth-order valence-electron chi connectivity index (χ4n) is 2.03. The number of hydrogen-bond acceptors (Lipinski definition) is 5. The quantitative estimate of drug-likeness (QED) is 0.568. The first-order valence-corrected chi connectivity index (χ1v) is 7.22. The number of ether oxygens (including phenoxy) is 2. The summed E-state index contributed by atoms with van der Waals surface area (Å²) in [4.78, 5) is 15.7. The maximum absolute atomic E-state index is 11.0. The van der Waals surface area contributed by atoms with Gasteiger partial charge in [-0.1, -0.05) is 37.3 Å². The lowest BCUT2D eigenvalue weighted by atomic mass is 10.0. The fraction of sp³-hybridized carbons (Fsp3) is 0.692. The van der Waals surface area contributed by atoms with Crippen LogP contribution in [0.5, 0.6) is 0 Å². The van der Waals surface area contributed by atoms with E-state index in [0.717, 1.165) is 24.3 Å². The Morgan fingerprint density at radius 1 is 1.72 bits per heavy atom. The zero-order valence-electron chi connectivity index (χ0n) is 10.8. The number of unbranched alkanes of at least 4 members (excludes halogenated alkanes) is 1. The Labute approximate surface area is 112 Å². The van der Waals surface area contributed by atoms with Crippen molar-refractivity contribution in [1.29, 1.82) is 0 Å². The van der Waals surface area contributed by atoms with Crippen LogP contribution in [-0.2, 0) is 14.3 Å². The van der Waals surface area contributed by atoms with Gasteiger partial charge in [0.2, 0.25) is 0 Å². The molecule has 2 heterocycles. The predicted octanol–water partition coefficient (Wildman–Crippen LogP) is 2.54. The van der Waals surface area contributed by atoms with Crippen molar-refractivity contribution in [3.05, 3.63) is 12.2 Å². The molecule has 0 aromatic heterocycles. The Kier molecular flexibility index (Phi) is 4.45. The van der Waals surface area contributed by atoms with Crippen molar-refractivity contribution in [1.82, 2.24) is 0 Å². The molecule has 0 aromatic carbocycles. The number of carbonyl (C=O) groups is 1. The number of nitrogens with zero attached hydrogens (tertiary/aromatic N) is 1. The van der Waals surface area contributed by atoms with Crippen molar-refractivity contribution in [2.45, 2.75) is 44.1 Å². The van der Waals surface area contributed by atoms with Crippen molar-refractivity contribution < 1.29 is 14.3 Å². The number of hydrogen-bond donors (Lipinski definition) is 0. The maximum Gasteiger partial charge on any atom is 0.302 e. The first-order chi connectivity index (χ1) is 8.66. The van der Waals surface area contributed by atoms with Gasteiger partial charge in [0.15, 0.2) is 0 Å². The summed E-state index contributed by atoms with van der Waals surface area (Å²) in [6.07, 6.45) is 7.24. The molecule has 0 fully saturated rings. The highest BCUT2D eigenvalue weighted by Gasteiger charge is 2.46. The van der Waals surface area contributed by atoms with Crippen LogP contribution in [0.2, 0.25) is 0 Å². The van der Waals surface area contributed by atoms with Crippen LogP contribution in [0, 0.1) is 0 Å². The second kappa shape index (κ2) is 5.89. The van der Waals surface area contributed by atoms with Crippen LogP contribution in [0.4, 0.5) is 0 Å². The average Bonchev–Trinajstić information content (AvgIpc) is 2.72. The highest BCUT2D eigenvalue weighted by atomic mass is 32.2. The van der Waals surface area contributed by atoms with E-state index in [4.69, 9.17) is 14.5 Å². The van der Waals surface area contributed by atoms with Crippen molar-refractivity contribution >= 4 is 22.8 Å². The van der Waals surface area contributed by atoms with Crippen LogP contribution < -0.4 is 0 Å². The third-order valence-electron chi connectivity index (χ3n) is 2.99. The molecular weight excluding hydrogens is 250 g/mol. The molecule has 2 aliphatic rings. The lowest BCUT2D eigenvalue weighted by Crippen LogP contribution is -2.43. The van der Waals surface area contributed by atoms with E-state index in [1.807, 2.05) is 12.2 Å². The molecule has 2 atom stereocenters. The Hall–Kier alpha value is -0.810. The highest BCUT2D eigenvalue weighted by molar-refractivity contribution is 8.14. The molecule has 0 radical (unpaired) electrons. The molecular formula is C13H19NO3S. The summed E-state index contributed by atoms with van der Waals surface area (Å²) in [5, 5.41) is 1.11. The van der Waals surface area contributed by atoms with Crippen LogP contribution in [-0.4, -0.2) is 35.2 Å². The van der Waals surface area contributed by atoms with Gasteiger partial charge < -0.3 is 9.47 Å². The number of carbonyl (C=O) groups excluding carboxylic acids is 1. The molecule has 0 N–H and O–H groups in total. The third kappa shape index (κ3) is 2.95. The van der Waals surface area contributed by atoms with E-state index < -0.39 is 5.54 Å². The van der Waals surface area contributed by atoms with E-state index in [9.17, 15) is 4.79 Å². The predicted molar refractivity (Wildman–Crippen MR) is 72.8 cm³/mol. The topological polar surface area (TPSA) is 47.9 Å². The van der Waals surface area contributed by atoms with Crippen molar-refractivity contribution in [2.24, 2.45) is 4.99 Å². The van der Waals surface area contributed by atoms with Gasteiger partial charge in [0.05, 0.1) is 11.7 Å². The molecule has 100 valence electrons. The SMILES string of the molecule is CCCCC1=NC2(COC(C)=O)C=CCOC2S1.